The number of nitrogens with zero attached hydrogens (tertiary/aromatic N) is 4. The van der Waals surface area contributed by atoms with Crippen molar-refractivity contribution in [2.75, 3.05) is 13.1 Å². The predicted octanol–water partition coefficient (Wildman–Crippen LogP) is 5.78. The second kappa shape index (κ2) is 14.3. The number of carboxylic acid groups (broad SMARTS) is 1. The molecule has 1 saturated carbocycles. The fraction of sp³-hybridized carbons (Fsp3) is 0.375. The Bertz CT molecular complexity index is 1700. The molecule has 1 fully saturated rings. The first-order valence-corrected chi connectivity index (χ1v) is 14.9. The van der Waals surface area contributed by atoms with Crippen LogP contribution < -0.4 is 11.4 Å². The molecule has 1 amide bonds. The van der Waals surface area contributed by atoms with Crippen LogP contribution in [0.5, 0.6) is 0 Å². The van der Waals surface area contributed by atoms with Gasteiger partial charge in [-0.25, -0.2) is 9.59 Å². The molecule has 2 aromatic carbocycles. The number of aromatic nitrogens is 3. The number of fused-ring (bicyclic) bond motifs is 1. The van der Waals surface area contributed by atoms with Gasteiger partial charge in [-0.05, 0) is 69.3 Å². The van der Waals surface area contributed by atoms with Crippen LogP contribution in [0.2, 0.25) is 5.02 Å². The largest absolute Gasteiger partial charge is 0.490 e. The number of carbonyl (C=O) groups is 2. The van der Waals surface area contributed by atoms with Crippen molar-refractivity contribution in [1.29, 1.82) is 0 Å². The average molecular weight is 646 g/mol. The van der Waals surface area contributed by atoms with Crippen LogP contribution in [0.15, 0.2) is 65.5 Å². The van der Waals surface area contributed by atoms with Crippen molar-refractivity contribution in [2.45, 2.75) is 58.3 Å². The summed E-state index contributed by atoms with van der Waals surface area (Å²) in [5.74, 6) is -2.58. The smallest absolute Gasteiger partial charge is 0.475 e. The number of aliphatic carboxylic acids is 1. The fourth-order valence-electron chi connectivity index (χ4n) is 5.31. The zero-order chi connectivity index (χ0) is 32.9. The van der Waals surface area contributed by atoms with Gasteiger partial charge in [-0.2, -0.15) is 22.8 Å². The van der Waals surface area contributed by atoms with E-state index in [0.717, 1.165) is 36.1 Å². The number of hydrogen-bond acceptors (Lipinski definition) is 5. The molecule has 0 bridgehead atoms. The lowest BCUT2D eigenvalue weighted by atomic mass is 9.77. The van der Waals surface area contributed by atoms with E-state index in [-0.39, 0.29) is 23.6 Å². The van der Waals surface area contributed by atoms with Crippen molar-refractivity contribution in [3.63, 3.8) is 0 Å². The van der Waals surface area contributed by atoms with Crippen molar-refractivity contribution >= 4 is 29.0 Å². The first-order valence-electron chi connectivity index (χ1n) is 14.5. The minimum absolute atomic E-state index is 0.0512. The van der Waals surface area contributed by atoms with Crippen molar-refractivity contribution in [1.82, 2.24) is 19.1 Å². The van der Waals surface area contributed by atoms with E-state index in [1.807, 2.05) is 72.5 Å². The Balaban J connectivity index is 0.000000591. The molecule has 0 radical (unpaired) electrons. The van der Waals surface area contributed by atoms with Gasteiger partial charge in [0.1, 0.15) is 0 Å². The Kier molecular flexibility index (Phi) is 10.7. The summed E-state index contributed by atoms with van der Waals surface area (Å²) in [6.07, 6.45) is -1.34. The molecule has 5 rings (SSSR count). The predicted molar refractivity (Wildman–Crippen MR) is 164 cm³/mol. The molecule has 3 N–H and O–H groups in total. The van der Waals surface area contributed by atoms with Gasteiger partial charge in [0.15, 0.2) is 0 Å². The van der Waals surface area contributed by atoms with Crippen LogP contribution in [0.3, 0.4) is 0 Å². The highest BCUT2D eigenvalue weighted by molar-refractivity contribution is 6.34. The maximum atomic E-state index is 14.1. The average Bonchev–Trinajstić information content (AvgIpc) is 3.26. The summed E-state index contributed by atoms with van der Waals surface area (Å²) in [6.45, 7) is 5.15. The van der Waals surface area contributed by atoms with Crippen molar-refractivity contribution in [2.24, 2.45) is 11.7 Å². The number of carboxylic acids is 1. The Labute approximate surface area is 263 Å². The molecule has 0 spiro atoms. The van der Waals surface area contributed by atoms with E-state index in [0.29, 0.717) is 47.9 Å². The Hall–Kier alpha value is -4.16. The standard InChI is InChI=1S/C30H34ClN5O2.C2HF3O2/c1-20-12-14-24(15-13-20)29(37)34(17-7-16-32)28(23-10-6-11-23)26-18-25-27(31)21(2)33-36(25)30(38)35(26)19-22-8-4-3-5-9-22;3-2(4,5)1(6)7/h3-5,8-9,12-15,18,23,28H,6-7,10-11,16-17,19,32H2,1-2H3;(H,6,7). The minimum Gasteiger partial charge on any atom is -0.475 e. The van der Waals surface area contributed by atoms with Crippen molar-refractivity contribution in [3.8, 4) is 0 Å². The highest BCUT2D eigenvalue weighted by Gasteiger charge is 2.39. The van der Waals surface area contributed by atoms with E-state index in [1.54, 1.807) is 11.5 Å². The molecule has 1 aliphatic carbocycles. The Morgan fingerprint density at radius 3 is 2.27 bits per heavy atom. The molecule has 4 aromatic rings. The van der Waals surface area contributed by atoms with Crippen molar-refractivity contribution in [3.05, 3.63) is 104 Å². The summed E-state index contributed by atoms with van der Waals surface area (Å²) in [4.78, 5) is 38.8. The molecule has 240 valence electrons. The normalized spacial score (nSPS) is 13.9. The molecular formula is C32H35ClF3N5O4. The highest BCUT2D eigenvalue weighted by atomic mass is 35.5. The summed E-state index contributed by atoms with van der Waals surface area (Å²) < 4.78 is 34.9. The summed E-state index contributed by atoms with van der Waals surface area (Å²) in [7, 11) is 0. The molecular weight excluding hydrogens is 611 g/mol. The molecule has 9 nitrogen and oxygen atoms in total. The lowest BCUT2D eigenvalue weighted by Crippen LogP contribution is -2.44. The zero-order valence-electron chi connectivity index (χ0n) is 24.9. The quantitative estimate of drug-likeness (QED) is 0.238. The molecule has 1 aliphatic rings. The van der Waals surface area contributed by atoms with E-state index in [9.17, 15) is 22.8 Å². The zero-order valence-corrected chi connectivity index (χ0v) is 25.7. The van der Waals surface area contributed by atoms with E-state index in [1.165, 1.54) is 4.52 Å². The number of amides is 1. The third-order valence-corrected chi connectivity index (χ3v) is 8.32. The van der Waals surface area contributed by atoms with E-state index >= 15 is 0 Å². The third-order valence-electron chi connectivity index (χ3n) is 7.85. The molecule has 0 aliphatic heterocycles. The second-order valence-electron chi connectivity index (χ2n) is 11.1. The van der Waals surface area contributed by atoms with Crippen LogP contribution in [0.25, 0.3) is 5.52 Å². The first kappa shape index (κ1) is 33.7. The van der Waals surface area contributed by atoms with Gasteiger partial charge < -0.3 is 15.7 Å². The van der Waals surface area contributed by atoms with Gasteiger partial charge >= 0.3 is 17.8 Å². The number of alkyl halides is 3. The number of nitrogens with two attached hydrogens (primary N) is 1. The van der Waals surface area contributed by atoms with Crippen LogP contribution >= 0.6 is 11.6 Å². The van der Waals surface area contributed by atoms with Gasteiger partial charge in [0.05, 0.1) is 28.8 Å². The SMILES string of the molecule is Cc1ccc(C(=O)N(CCCN)C(c2cc3c(Cl)c(C)nn3c(=O)n2Cc2ccccc2)C2CCC2)cc1.O=C(O)C(F)(F)F. The Morgan fingerprint density at radius 2 is 1.73 bits per heavy atom. The molecule has 2 aromatic heterocycles. The number of halogens is 4. The van der Waals surface area contributed by atoms with E-state index < -0.39 is 12.1 Å². The monoisotopic (exact) mass is 645 g/mol. The fourth-order valence-corrected chi connectivity index (χ4v) is 5.48. The first-order chi connectivity index (χ1) is 21.3. The van der Waals surface area contributed by atoms with Gasteiger partial charge in [0.25, 0.3) is 5.91 Å². The van der Waals surface area contributed by atoms with Crippen LogP contribution in [-0.4, -0.2) is 55.3 Å². The van der Waals surface area contributed by atoms with Gasteiger partial charge in [0.2, 0.25) is 0 Å². The molecule has 13 heteroatoms. The van der Waals surface area contributed by atoms with E-state index in [4.69, 9.17) is 27.2 Å². The van der Waals surface area contributed by atoms with Crippen LogP contribution in [0.1, 0.15) is 64.6 Å². The summed E-state index contributed by atoms with van der Waals surface area (Å²) in [5.41, 5.74) is 10.3. The molecule has 1 atom stereocenters. The number of aryl methyl sites for hydroxylation is 2. The number of rotatable bonds is 9. The van der Waals surface area contributed by atoms with Crippen LogP contribution in [0.4, 0.5) is 13.2 Å². The maximum absolute atomic E-state index is 14.1. The summed E-state index contributed by atoms with van der Waals surface area (Å²) in [5, 5.41) is 12.0. The topological polar surface area (TPSA) is 123 Å². The lowest BCUT2D eigenvalue weighted by Gasteiger charge is -2.42. The number of hydrogen-bond donors (Lipinski definition) is 2. The second-order valence-corrected chi connectivity index (χ2v) is 11.4. The number of benzene rings is 2. The highest BCUT2D eigenvalue weighted by Crippen LogP contribution is 2.42. The Morgan fingerprint density at radius 1 is 1.11 bits per heavy atom. The van der Waals surface area contributed by atoms with Gasteiger partial charge in [-0.15, -0.1) is 0 Å². The van der Waals surface area contributed by atoms with Gasteiger partial charge in [-0.1, -0.05) is 66.0 Å². The molecule has 0 saturated heterocycles. The lowest BCUT2D eigenvalue weighted by molar-refractivity contribution is -0.192. The molecule has 1 unspecified atom stereocenters. The summed E-state index contributed by atoms with van der Waals surface area (Å²) in [6, 6.07) is 19.2. The van der Waals surface area contributed by atoms with E-state index in [2.05, 4.69) is 5.10 Å². The maximum Gasteiger partial charge on any atom is 0.490 e. The van der Waals surface area contributed by atoms with Gasteiger partial charge in [0, 0.05) is 17.8 Å². The van der Waals surface area contributed by atoms with Crippen molar-refractivity contribution < 1.29 is 27.9 Å². The minimum atomic E-state index is -5.08. The molecule has 45 heavy (non-hydrogen) atoms. The van der Waals surface area contributed by atoms with Crippen LogP contribution in [0, 0.1) is 19.8 Å². The van der Waals surface area contributed by atoms with Crippen LogP contribution in [-0.2, 0) is 11.3 Å². The van der Waals surface area contributed by atoms with Gasteiger partial charge in [-0.3, -0.25) is 9.36 Å². The molecule has 2 heterocycles. The summed E-state index contributed by atoms with van der Waals surface area (Å²) >= 11 is 6.64. The third kappa shape index (κ3) is 7.74. The number of carbonyl (C=O) groups excluding carboxylic acids is 1.